The third-order valence-corrected chi connectivity index (χ3v) is 3.49. The van der Waals surface area contributed by atoms with E-state index in [1.807, 2.05) is 33.0 Å². The molecule has 0 spiro atoms. The first-order chi connectivity index (χ1) is 9.66. The summed E-state index contributed by atoms with van der Waals surface area (Å²) >= 11 is 0. The molecule has 0 aliphatic carbocycles. The number of anilines is 1. The van der Waals surface area contributed by atoms with Crippen molar-refractivity contribution in [3.05, 3.63) is 23.4 Å². The Morgan fingerprint density at radius 1 is 1.33 bits per heavy atom. The van der Waals surface area contributed by atoms with Crippen LogP contribution in [0.2, 0.25) is 0 Å². The van der Waals surface area contributed by atoms with E-state index in [4.69, 9.17) is 0 Å². The smallest absolute Gasteiger partial charge is 0.254 e. The number of carbonyl (C=O) groups is 1. The number of carbonyl (C=O) groups excluding carboxylic acids is 1. The molecule has 0 radical (unpaired) electrons. The van der Waals surface area contributed by atoms with Crippen LogP contribution in [0.4, 0.5) is 5.82 Å². The van der Waals surface area contributed by atoms with Crippen LogP contribution in [0.15, 0.2) is 12.1 Å². The molecular formula is C17H29N3O. The highest BCUT2D eigenvalue weighted by atomic mass is 16.2. The van der Waals surface area contributed by atoms with E-state index in [1.54, 1.807) is 4.90 Å². The van der Waals surface area contributed by atoms with Gasteiger partial charge in [0, 0.05) is 36.3 Å². The molecule has 1 N–H and O–H groups in total. The largest absolute Gasteiger partial charge is 0.370 e. The highest BCUT2D eigenvalue weighted by Gasteiger charge is 2.21. The molecule has 21 heavy (non-hydrogen) atoms. The fourth-order valence-electron chi connectivity index (χ4n) is 1.82. The van der Waals surface area contributed by atoms with Gasteiger partial charge in [0.15, 0.2) is 0 Å². The van der Waals surface area contributed by atoms with E-state index < -0.39 is 0 Å². The number of pyridine rings is 1. The van der Waals surface area contributed by atoms with Gasteiger partial charge in [-0.05, 0) is 32.4 Å². The van der Waals surface area contributed by atoms with Crippen LogP contribution in [0.3, 0.4) is 0 Å². The first-order valence-corrected chi connectivity index (χ1v) is 7.70. The van der Waals surface area contributed by atoms with Gasteiger partial charge >= 0.3 is 0 Å². The molecule has 0 saturated carbocycles. The molecule has 0 aliphatic heterocycles. The molecule has 0 atom stereocenters. The third kappa shape index (κ3) is 4.73. The van der Waals surface area contributed by atoms with Gasteiger partial charge in [0.25, 0.3) is 5.91 Å². The maximum atomic E-state index is 12.6. The zero-order valence-corrected chi connectivity index (χ0v) is 14.4. The summed E-state index contributed by atoms with van der Waals surface area (Å²) in [5, 5.41) is 3.29. The van der Waals surface area contributed by atoms with Crippen molar-refractivity contribution in [2.75, 3.05) is 18.9 Å². The van der Waals surface area contributed by atoms with Crippen molar-refractivity contribution in [2.24, 2.45) is 0 Å². The van der Waals surface area contributed by atoms with Crippen molar-refractivity contribution < 1.29 is 4.79 Å². The van der Waals surface area contributed by atoms with E-state index in [2.05, 4.69) is 38.0 Å². The van der Waals surface area contributed by atoms with Crippen molar-refractivity contribution in [1.82, 2.24) is 9.88 Å². The van der Waals surface area contributed by atoms with Crippen molar-refractivity contribution in [3.63, 3.8) is 0 Å². The average molecular weight is 291 g/mol. The number of hydrogen-bond acceptors (Lipinski definition) is 3. The quantitative estimate of drug-likeness (QED) is 0.900. The monoisotopic (exact) mass is 291 g/mol. The van der Waals surface area contributed by atoms with Crippen LogP contribution in [0.25, 0.3) is 0 Å². The molecule has 4 nitrogen and oxygen atoms in total. The number of nitrogens with one attached hydrogen (secondary N) is 1. The van der Waals surface area contributed by atoms with Gasteiger partial charge in [-0.3, -0.25) is 4.79 Å². The van der Waals surface area contributed by atoms with E-state index in [0.717, 1.165) is 24.5 Å². The Kier molecular flexibility index (Phi) is 5.76. The summed E-state index contributed by atoms with van der Waals surface area (Å²) < 4.78 is 0. The van der Waals surface area contributed by atoms with Gasteiger partial charge in [0.05, 0.1) is 0 Å². The fraction of sp³-hybridized carbons (Fsp3) is 0.647. The van der Waals surface area contributed by atoms with Crippen LogP contribution in [0.5, 0.6) is 0 Å². The van der Waals surface area contributed by atoms with Gasteiger partial charge in [-0.25, -0.2) is 4.98 Å². The van der Waals surface area contributed by atoms with E-state index >= 15 is 0 Å². The van der Waals surface area contributed by atoms with E-state index in [0.29, 0.717) is 5.56 Å². The molecule has 4 heteroatoms. The van der Waals surface area contributed by atoms with E-state index in [1.165, 1.54) is 0 Å². The lowest BCUT2D eigenvalue weighted by atomic mass is 9.90. The Balaban J connectivity index is 3.21. The van der Waals surface area contributed by atoms with Crippen molar-refractivity contribution in [1.29, 1.82) is 0 Å². The Morgan fingerprint density at radius 2 is 1.95 bits per heavy atom. The second-order valence-electron chi connectivity index (χ2n) is 6.81. The normalized spacial score (nSPS) is 11.6. The number of amides is 1. The molecule has 0 aliphatic rings. The predicted octanol–water partition coefficient (Wildman–Crippen LogP) is 3.68. The Bertz CT molecular complexity index is 489. The minimum absolute atomic E-state index is 0.0393. The zero-order valence-electron chi connectivity index (χ0n) is 14.4. The van der Waals surface area contributed by atoms with E-state index in [9.17, 15) is 4.79 Å². The van der Waals surface area contributed by atoms with Gasteiger partial charge in [0.1, 0.15) is 5.82 Å². The molecule has 1 aromatic heterocycles. The SMILES string of the molecule is CCCNc1cc(C(=O)N(C)C(C)C)cc(C(C)(C)C)n1. The summed E-state index contributed by atoms with van der Waals surface area (Å²) in [6.07, 6.45) is 1.02. The van der Waals surface area contributed by atoms with Gasteiger partial charge in [-0.15, -0.1) is 0 Å². The molecule has 0 fully saturated rings. The second kappa shape index (κ2) is 6.92. The molecule has 1 aromatic rings. The number of hydrogen-bond donors (Lipinski definition) is 1. The van der Waals surface area contributed by atoms with Crippen molar-refractivity contribution in [2.45, 2.75) is 59.4 Å². The molecule has 1 rings (SSSR count). The summed E-state index contributed by atoms with van der Waals surface area (Å²) in [6, 6.07) is 3.94. The Morgan fingerprint density at radius 3 is 2.43 bits per heavy atom. The summed E-state index contributed by atoms with van der Waals surface area (Å²) in [7, 11) is 1.84. The fourth-order valence-corrected chi connectivity index (χ4v) is 1.82. The van der Waals surface area contributed by atoms with E-state index in [-0.39, 0.29) is 17.4 Å². The van der Waals surface area contributed by atoms with Crippen LogP contribution in [-0.4, -0.2) is 35.4 Å². The average Bonchev–Trinajstić information content (AvgIpc) is 2.42. The molecule has 0 aromatic carbocycles. The third-order valence-electron chi connectivity index (χ3n) is 3.49. The molecular weight excluding hydrogens is 262 g/mol. The summed E-state index contributed by atoms with van der Waals surface area (Å²) in [4.78, 5) is 19.0. The number of aromatic nitrogens is 1. The lowest BCUT2D eigenvalue weighted by Gasteiger charge is -2.24. The molecule has 0 unspecified atom stereocenters. The Hall–Kier alpha value is -1.58. The first-order valence-electron chi connectivity index (χ1n) is 7.70. The maximum Gasteiger partial charge on any atom is 0.254 e. The summed E-state index contributed by atoms with van der Waals surface area (Å²) in [5.74, 6) is 0.822. The minimum atomic E-state index is -0.0880. The lowest BCUT2D eigenvalue weighted by molar-refractivity contribution is 0.0754. The number of rotatable bonds is 5. The van der Waals surface area contributed by atoms with Crippen LogP contribution in [0, 0.1) is 0 Å². The van der Waals surface area contributed by atoms with Crippen molar-refractivity contribution in [3.8, 4) is 0 Å². The lowest BCUT2D eigenvalue weighted by Crippen LogP contribution is -2.33. The highest BCUT2D eigenvalue weighted by molar-refractivity contribution is 5.95. The predicted molar refractivity (Wildman–Crippen MR) is 88.9 cm³/mol. The molecule has 118 valence electrons. The van der Waals surface area contributed by atoms with Crippen LogP contribution < -0.4 is 5.32 Å². The molecule has 1 heterocycles. The van der Waals surface area contributed by atoms with Crippen LogP contribution >= 0.6 is 0 Å². The van der Waals surface area contributed by atoms with Gasteiger partial charge < -0.3 is 10.2 Å². The summed E-state index contributed by atoms with van der Waals surface area (Å²) in [5.41, 5.74) is 1.55. The molecule has 0 bridgehead atoms. The first kappa shape index (κ1) is 17.5. The summed E-state index contributed by atoms with van der Waals surface area (Å²) in [6.45, 7) is 13.3. The zero-order chi connectivity index (χ0) is 16.2. The Labute approximate surface area is 129 Å². The van der Waals surface area contributed by atoms with Gasteiger partial charge in [-0.1, -0.05) is 27.7 Å². The molecule has 1 amide bonds. The van der Waals surface area contributed by atoms with Crippen LogP contribution in [0.1, 0.15) is 64.0 Å². The standard InChI is InChI=1S/C17H29N3O/c1-8-9-18-15-11-13(16(21)20(7)12(2)3)10-14(19-15)17(4,5)6/h10-12H,8-9H2,1-7H3,(H,18,19). The minimum Gasteiger partial charge on any atom is -0.370 e. The van der Waals surface area contributed by atoms with Crippen molar-refractivity contribution >= 4 is 11.7 Å². The topological polar surface area (TPSA) is 45.2 Å². The maximum absolute atomic E-state index is 12.6. The van der Waals surface area contributed by atoms with Gasteiger partial charge in [-0.2, -0.15) is 0 Å². The second-order valence-corrected chi connectivity index (χ2v) is 6.81. The van der Waals surface area contributed by atoms with Gasteiger partial charge in [0.2, 0.25) is 0 Å². The highest BCUT2D eigenvalue weighted by Crippen LogP contribution is 2.24. The molecule has 0 saturated heterocycles. The number of nitrogens with zero attached hydrogens (tertiary/aromatic N) is 2. The van der Waals surface area contributed by atoms with Crippen LogP contribution in [-0.2, 0) is 5.41 Å².